The van der Waals surface area contributed by atoms with Crippen LogP contribution in [0.2, 0.25) is 0 Å². The Hall–Kier alpha value is -1.82. The van der Waals surface area contributed by atoms with Crippen molar-refractivity contribution in [3.63, 3.8) is 0 Å². The smallest absolute Gasteiger partial charge is 0.315 e. The van der Waals surface area contributed by atoms with E-state index in [-0.39, 0.29) is 12.6 Å². The highest BCUT2D eigenvalue weighted by atomic mass is 16.3. The van der Waals surface area contributed by atoms with Crippen LogP contribution in [0.1, 0.15) is 56.9 Å². The predicted molar refractivity (Wildman–Crippen MR) is 98.6 cm³/mol. The Morgan fingerprint density at radius 2 is 1.88 bits per heavy atom. The van der Waals surface area contributed by atoms with Crippen LogP contribution in [-0.4, -0.2) is 41.4 Å². The van der Waals surface area contributed by atoms with Crippen molar-refractivity contribution in [2.24, 2.45) is 0 Å². The number of nitrogens with zero attached hydrogens (tertiary/aromatic N) is 2. The summed E-state index contributed by atoms with van der Waals surface area (Å²) in [5.74, 6) is 1.00. The first kappa shape index (κ1) is 18.0. The number of anilines is 1. The first-order valence-electron chi connectivity index (χ1n) is 9.58. The molecule has 6 nitrogen and oxygen atoms in total. The molecule has 0 aromatic carbocycles. The molecule has 1 aliphatic carbocycles. The molecule has 1 aromatic rings. The SMILES string of the molecule is O=C(NCc1ccnc(N2CCCCCC2)c1)NC1(CO)CCCC1. The monoisotopic (exact) mass is 346 g/mol. The number of nitrogens with one attached hydrogen (secondary N) is 2. The summed E-state index contributed by atoms with van der Waals surface area (Å²) < 4.78 is 0. The van der Waals surface area contributed by atoms with Crippen molar-refractivity contribution in [1.82, 2.24) is 15.6 Å². The van der Waals surface area contributed by atoms with Gasteiger partial charge in [-0.05, 0) is 43.4 Å². The fraction of sp³-hybridized carbons (Fsp3) is 0.684. The van der Waals surface area contributed by atoms with Crippen LogP contribution in [-0.2, 0) is 6.54 Å². The average Bonchev–Trinajstić information content (AvgIpc) is 2.93. The molecule has 2 aliphatic rings. The van der Waals surface area contributed by atoms with E-state index in [0.717, 1.165) is 50.2 Å². The van der Waals surface area contributed by atoms with Crippen LogP contribution in [0.5, 0.6) is 0 Å². The fourth-order valence-corrected chi connectivity index (χ4v) is 3.89. The largest absolute Gasteiger partial charge is 0.394 e. The van der Waals surface area contributed by atoms with Gasteiger partial charge in [0.15, 0.2) is 0 Å². The topological polar surface area (TPSA) is 77.5 Å². The Kier molecular flexibility index (Phi) is 6.13. The van der Waals surface area contributed by atoms with Crippen molar-refractivity contribution >= 4 is 11.8 Å². The van der Waals surface area contributed by atoms with E-state index in [0.29, 0.717) is 6.54 Å². The van der Waals surface area contributed by atoms with E-state index >= 15 is 0 Å². The Labute approximate surface area is 150 Å². The third-order valence-electron chi connectivity index (χ3n) is 5.44. The molecule has 6 heteroatoms. The predicted octanol–water partition coefficient (Wildman–Crippen LogP) is 2.57. The van der Waals surface area contributed by atoms with Crippen LogP contribution in [0.25, 0.3) is 0 Å². The zero-order valence-corrected chi connectivity index (χ0v) is 15.0. The number of pyridine rings is 1. The minimum absolute atomic E-state index is 0.00872. The molecule has 1 saturated heterocycles. The minimum Gasteiger partial charge on any atom is -0.394 e. The highest BCUT2D eigenvalue weighted by molar-refractivity contribution is 5.74. The molecular formula is C19H30N4O2. The third-order valence-corrected chi connectivity index (χ3v) is 5.44. The van der Waals surface area contributed by atoms with Gasteiger partial charge in [-0.15, -0.1) is 0 Å². The first-order chi connectivity index (χ1) is 12.2. The molecule has 1 aliphatic heterocycles. The van der Waals surface area contributed by atoms with Crippen LogP contribution >= 0.6 is 0 Å². The number of carbonyl (C=O) groups excluding carboxylic acids is 1. The van der Waals surface area contributed by atoms with Crippen molar-refractivity contribution in [3.8, 4) is 0 Å². The minimum atomic E-state index is -0.431. The lowest BCUT2D eigenvalue weighted by Crippen LogP contribution is -2.52. The van der Waals surface area contributed by atoms with Gasteiger partial charge in [0.1, 0.15) is 5.82 Å². The highest BCUT2D eigenvalue weighted by Crippen LogP contribution is 2.29. The van der Waals surface area contributed by atoms with Gasteiger partial charge in [-0.2, -0.15) is 0 Å². The molecule has 2 fully saturated rings. The lowest BCUT2D eigenvalue weighted by molar-refractivity contribution is 0.163. The summed E-state index contributed by atoms with van der Waals surface area (Å²) in [7, 11) is 0. The average molecular weight is 346 g/mol. The number of carbonyl (C=O) groups is 1. The van der Waals surface area contributed by atoms with E-state index in [9.17, 15) is 9.90 Å². The second-order valence-corrected chi connectivity index (χ2v) is 7.38. The standard InChI is InChI=1S/C19H30N4O2/c24-15-19(8-3-4-9-19)22-18(25)21-14-16-7-10-20-17(13-16)23-11-5-1-2-6-12-23/h7,10,13,24H,1-6,8-9,11-12,14-15H2,(H2,21,22,25). The number of hydrogen-bond donors (Lipinski definition) is 3. The highest BCUT2D eigenvalue weighted by Gasteiger charge is 2.34. The van der Waals surface area contributed by atoms with Crippen LogP contribution < -0.4 is 15.5 Å². The molecule has 0 atom stereocenters. The van der Waals surface area contributed by atoms with Gasteiger partial charge in [0.2, 0.25) is 0 Å². The number of rotatable bonds is 5. The number of aliphatic hydroxyl groups is 1. The number of hydrogen-bond acceptors (Lipinski definition) is 4. The Bertz CT molecular complexity index is 564. The molecule has 138 valence electrons. The van der Waals surface area contributed by atoms with Crippen LogP contribution in [0.15, 0.2) is 18.3 Å². The molecule has 3 N–H and O–H groups in total. The summed E-state index contributed by atoms with van der Waals surface area (Å²) >= 11 is 0. The maximum Gasteiger partial charge on any atom is 0.315 e. The second kappa shape index (κ2) is 8.52. The normalized spacial score (nSPS) is 20.1. The summed E-state index contributed by atoms with van der Waals surface area (Å²) in [5.41, 5.74) is 0.619. The Morgan fingerprint density at radius 3 is 2.56 bits per heavy atom. The van der Waals surface area contributed by atoms with Gasteiger partial charge in [0.25, 0.3) is 0 Å². The summed E-state index contributed by atoms with van der Waals surface area (Å²) in [6.07, 6.45) is 10.7. The van der Waals surface area contributed by atoms with E-state index in [1.165, 1.54) is 25.7 Å². The number of aliphatic hydroxyl groups excluding tert-OH is 1. The molecule has 2 heterocycles. The maximum atomic E-state index is 12.2. The Morgan fingerprint density at radius 1 is 1.16 bits per heavy atom. The van der Waals surface area contributed by atoms with Crippen molar-refractivity contribution in [2.75, 3.05) is 24.6 Å². The number of amides is 2. The molecule has 25 heavy (non-hydrogen) atoms. The molecule has 0 unspecified atom stereocenters. The summed E-state index contributed by atoms with van der Waals surface area (Å²) in [6, 6.07) is 3.81. The van der Waals surface area contributed by atoms with E-state index in [4.69, 9.17) is 0 Å². The van der Waals surface area contributed by atoms with Crippen molar-refractivity contribution in [3.05, 3.63) is 23.9 Å². The zero-order chi connectivity index (χ0) is 17.5. The molecule has 0 spiro atoms. The summed E-state index contributed by atoms with van der Waals surface area (Å²) in [6.45, 7) is 2.60. The summed E-state index contributed by atoms with van der Waals surface area (Å²) in [5, 5.41) is 15.5. The molecule has 0 bridgehead atoms. The van der Waals surface area contributed by atoms with Crippen molar-refractivity contribution in [2.45, 2.75) is 63.5 Å². The molecule has 1 saturated carbocycles. The lowest BCUT2D eigenvalue weighted by atomic mass is 9.99. The molecular weight excluding hydrogens is 316 g/mol. The molecule has 2 amide bonds. The maximum absolute atomic E-state index is 12.2. The fourth-order valence-electron chi connectivity index (χ4n) is 3.89. The van der Waals surface area contributed by atoms with Gasteiger partial charge >= 0.3 is 6.03 Å². The van der Waals surface area contributed by atoms with Crippen LogP contribution in [0, 0.1) is 0 Å². The van der Waals surface area contributed by atoms with Crippen molar-refractivity contribution < 1.29 is 9.90 Å². The van der Waals surface area contributed by atoms with Crippen LogP contribution in [0.3, 0.4) is 0 Å². The van der Waals surface area contributed by atoms with E-state index in [1.54, 1.807) is 0 Å². The molecule has 3 rings (SSSR count). The van der Waals surface area contributed by atoms with Gasteiger partial charge in [0, 0.05) is 25.8 Å². The van der Waals surface area contributed by atoms with Gasteiger partial charge in [-0.1, -0.05) is 25.7 Å². The quantitative estimate of drug-likeness (QED) is 0.766. The third kappa shape index (κ3) is 4.84. The van der Waals surface area contributed by atoms with Gasteiger partial charge in [-0.3, -0.25) is 0 Å². The van der Waals surface area contributed by atoms with Gasteiger partial charge < -0.3 is 20.6 Å². The van der Waals surface area contributed by atoms with Crippen LogP contribution in [0.4, 0.5) is 10.6 Å². The zero-order valence-electron chi connectivity index (χ0n) is 15.0. The second-order valence-electron chi connectivity index (χ2n) is 7.38. The van der Waals surface area contributed by atoms with Gasteiger partial charge in [0.05, 0.1) is 12.1 Å². The number of urea groups is 1. The van der Waals surface area contributed by atoms with E-state index in [1.807, 2.05) is 12.3 Å². The first-order valence-corrected chi connectivity index (χ1v) is 9.58. The molecule has 1 aromatic heterocycles. The summed E-state index contributed by atoms with van der Waals surface area (Å²) in [4.78, 5) is 19.1. The lowest BCUT2D eigenvalue weighted by Gasteiger charge is -2.28. The van der Waals surface area contributed by atoms with E-state index < -0.39 is 5.54 Å². The Balaban J connectivity index is 1.54. The van der Waals surface area contributed by atoms with Gasteiger partial charge in [-0.25, -0.2) is 9.78 Å². The van der Waals surface area contributed by atoms with Crippen molar-refractivity contribution in [1.29, 1.82) is 0 Å². The molecule has 0 radical (unpaired) electrons. The number of aromatic nitrogens is 1. The van der Waals surface area contributed by atoms with E-state index in [2.05, 4.69) is 26.6 Å².